The van der Waals surface area contributed by atoms with Crippen LogP contribution in [0.4, 0.5) is 10.1 Å². The predicted octanol–water partition coefficient (Wildman–Crippen LogP) is 4.75. The number of hydrogen-bond acceptors (Lipinski definition) is 6. The molecule has 0 saturated heterocycles. The summed E-state index contributed by atoms with van der Waals surface area (Å²) in [7, 11) is 1.47. The Morgan fingerprint density at radius 3 is 2.50 bits per heavy atom. The minimum atomic E-state index is -0.437. The normalized spacial score (nSPS) is 10.7. The number of rotatable bonds is 10. The third kappa shape index (κ3) is 7.79. The van der Waals surface area contributed by atoms with Gasteiger partial charge in [-0.3, -0.25) is 9.59 Å². The predicted molar refractivity (Wildman–Crippen MR) is 131 cm³/mol. The van der Waals surface area contributed by atoms with Crippen LogP contribution in [0.3, 0.4) is 0 Å². The fraction of sp³-hybridized carbons (Fsp3) is 0.125. The zero-order valence-corrected chi connectivity index (χ0v) is 19.7. The Balaban J connectivity index is 1.56. The van der Waals surface area contributed by atoms with E-state index in [4.69, 9.17) is 21.1 Å². The molecule has 0 aliphatic rings. The number of halogens is 2. The second-order valence-electron chi connectivity index (χ2n) is 6.76. The summed E-state index contributed by atoms with van der Waals surface area (Å²) in [4.78, 5) is 25.2. The lowest BCUT2D eigenvalue weighted by molar-refractivity contribution is -0.119. The van der Waals surface area contributed by atoms with Gasteiger partial charge in [-0.2, -0.15) is 5.10 Å². The summed E-state index contributed by atoms with van der Waals surface area (Å²) >= 11 is 7.21. The molecule has 10 heteroatoms. The largest absolute Gasteiger partial charge is 0.493 e. The van der Waals surface area contributed by atoms with E-state index in [0.29, 0.717) is 22.0 Å². The maximum absolute atomic E-state index is 13.0. The molecule has 0 fully saturated rings. The average molecular weight is 502 g/mol. The average Bonchev–Trinajstić information content (AvgIpc) is 2.84. The lowest BCUT2D eigenvalue weighted by atomic mass is 10.2. The first-order valence-corrected chi connectivity index (χ1v) is 11.4. The van der Waals surface area contributed by atoms with Crippen LogP contribution in [-0.2, 0) is 9.59 Å². The fourth-order valence-corrected chi connectivity index (χ4v) is 3.52. The van der Waals surface area contributed by atoms with Crippen LogP contribution in [0.2, 0.25) is 5.02 Å². The molecule has 0 atom stereocenters. The molecule has 7 nitrogen and oxygen atoms in total. The molecule has 0 spiro atoms. The molecule has 0 radical (unpaired) electrons. The van der Waals surface area contributed by atoms with E-state index in [2.05, 4.69) is 15.8 Å². The summed E-state index contributed by atoms with van der Waals surface area (Å²) in [5, 5.41) is 7.22. The highest BCUT2D eigenvalue weighted by Crippen LogP contribution is 2.30. The van der Waals surface area contributed by atoms with Crippen molar-refractivity contribution in [3.63, 3.8) is 0 Å². The van der Waals surface area contributed by atoms with Gasteiger partial charge in [-0.05, 0) is 60.7 Å². The van der Waals surface area contributed by atoms with Crippen LogP contribution in [0.1, 0.15) is 5.56 Å². The molecule has 34 heavy (non-hydrogen) atoms. The van der Waals surface area contributed by atoms with E-state index in [9.17, 15) is 14.0 Å². The van der Waals surface area contributed by atoms with Crippen LogP contribution >= 0.6 is 23.4 Å². The number of ether oxygens (including phenoxy) is 2. The van der Waals surface area contributed by atoms with Gasteiger partial charge in [0, 0.05) is 21.2 Å². The molecular formula is C24H21ClFN3O4S. The number of benzene rings is 3. The monoisotopic (exact) mass is 501 g/mol. The number of anilines is 1. The van der Waals surface area contributed by atoms with Crippen LogP contribution in [0, 0.1) is 5.82 Å². The second-order valence-corrected chi connectivity index (χ2v) is 8.24. The van der Waals surface area contributed by atoms with Crippen molar-refractivity contribution in [3.8, 4) is 11.5 Å². The van der Waals surface area contributed by atoms with E-state index >= 15 is 0 Å². The SMILES string of the molecule is COc1cccc(/C=N\NC(=O)CSc2ccc(Cl)cc2)c1OCC(=O)Nc1ccc(F)cc1. The van der Waals surface area contributed by atoms with Crippen molar-refractivity contribution in [3.05, 3.63) is 83.1 Å². The van der Waals surface area contributed by atoms with Gasteiger partial charge in [-0.15, -0.1) is 11.8 Å². The van der Waals surface area contributed by atoms with Crippen molar-refractivity contribution < 1.29 is 23.5 Å². The Kier molecular flexibility index (Phi) is 9.30. The number of amides is 2. The topological polar surface area (TPSA) is 89.0 Å². The van der Waals surface area contributed by atoms with Crippen LogP contribution in [0.5, 0.6) is 11.5 Å². The molecule has 176 valence electrons. The Morgan fingerprint density at radius 1 is 1.06 bits per heavy atom. The van der Waals surface area contributed by atoms with Crippen LogP contribution < -0.4 is 20.2 Å². The van der Waals surface area contributed by atoms with E-state index in [1.54, 1.807) is 30.3 Å². The van der Waals surface area contributed by atoms with Crippen molar-refractivity contribution in [2.45, 2.75) is 4.90 Å². The van der Waals surface area contributed by atoms with Gasteiger partial charge in [0.1, 0.15) is 5.82 Å². The lowest BCUT2D eigenvalue weighted by Crippen LogP contribution is -2.21. The summed E-state index contributed by atoms with van der Waals surface area (Å²) in [6, 6.07) is 17.6. The summed E-state index contributed by atoms with van der Waals surface area (Å²) in [5.41, 5.74) is 3.40. The zero-order chi connectivity index (χ0) is 24.3. The molecule has 0 unspecified atom stereocenters. The first-order chi connectivity index (χ1) is 16.4. The van der Waals surface area contributed by atoms with E-state index in [1.165, 1.54) is 49.4 Å². The van der Waals surface area contributed by atoms with E-state index in [-0.39, 0.29) is 24.0 Å². The number of nitrogens with one attached hydrogen (secondary N) is 2. The number of methoxy groups -OCH3 is 1. The maximum Gasteiger partial charge on any atom is 0.262 e. The molecule has 0 aliphatic heterocycles. The highest BCUT2D eigenvalue weighted by atomic mass is 35.5. The summed E-state index contributed by atoms with van der Waals surface area (Å²) < 4.78 is 24.0. The third-order valence-electron chi connectivity index (χ3n) is 4.28. The number of carbonyl (C=O) groups excluding carboxylic acids is 2. The molecule has 3 aromatic carbocycles. The molecule has 0 bridgehead atoms. The second kappa shape index (κ2) is 12.6. The summed E-state index contributed by atoms with van der Waals surface area (Å²) in [6.07, 6.45) is 1.40. The Bertz CT molecular complexity index is 1160. The number of thioether (sulfide) groups is 1. The van der Waals surface area contributed by atoms with Gasteiger partial charge in [-0.25, -0.2) is 9.82 Å². The van der Waals surface area contributed by atoms with Crippen molar-refractivity contribution in [1.82, 2.24) is 5.43 Å². The minimum absolute atomic E-state index is 0.171. The minimum Gasteiger partial charge on any atom is -0.493 e. The Labute approximate surface area is 205 Å². The van der Waals surface area contributed by atoms with Crippen molar-refractivity contribution in [2.75, 3.05) is 24.8 Å². The van der Waals surface area contributed by atoms with E-state index in [0.717, 1.165) is 4.90 Å². The molecular weight excluding hydrogens is 481 g/mol. The standard InChI is InChI=1S/C24H21ClFN3O4S/c1-32-21-4-2-3-16(13-27-29-23(31)15-34-20-11-5-17(25)6-12-20)24(21)33-14-22(30)28-19-9-7-18(26)8-10-19/h2-13H,14-15H2,1H3,(H,28,30)(H,29,31)/b27-13-. The van der Waals surface area contributed by atoms with Gasteiger partial charge < -0.3 is 14.8 Å². The Morgan fingerprint density at radius 2 is 1.79 bits per heavy atom. The fourth-order valence-electron chi connectivity index (χ4n) is 2.70. The number of hydrazone groups is 1. The molecule has 0 aliphatic carbocycles. The number of carbonyl (C=O) groups is 2. The smallest absolute Gasteiger partial charge is 0.262 e. The van der Waals surface area contributed by atoms with Gasteiger partial charge in [0.15, 0.2) is 18.1 Å². The third-order valence-corrected chi connectivity index (χ3v) is 5.55. The van der Waals surface area contributed by atoms with Gasteiger partial charge in [0.2, 0.25) is 5.91 Å². The quantitative estimate of drug-likeness (QED) is 0.238. The molecule has 3 aromatic rings. The van der Waals surface area contributed by atoms with Crippen LogP contribution in [-0.4, -0.2) is 37.5 Å². The first-order valence-electron chi connectivity index (χ1n) is 10.00. The highest BCUT2D eigenvalue weighted by molar-refractivity contribution is 8.00. The van der Waals surface area contributed by atoms with Crippen molar-refractivity contribution >= 4 is 47.1 Å². The first kappa shape index (κ1) is 25.1. The molecule has 2 amide bonds. The summed E-state index contributed by atoms with van der Waals surface area (Å²) in [6.45, 7) is -0.317. The van der Waals surface area contributed by atoms with Crippen molar-refractivity contribution in [1.29, 1.82) is 0 Å². The Hall–Kier alpha value is -3.56. The van der Waals surface area contributed by atoms with Gasteiger partial charge in [0.25, 0.3) is 5.91 Å². The number of para-hydroxylation sites is 1. The van der Waals surface area contributed by atoms with E-state index < -0.39 is 11.7 Å². The molecule has 0 saturated carbocycles. The summed E-state index contributed by atoms with van der Waals surface area (Å²) in [5.74, 6) is -0.281. The van der Waals surface area contributed by atoms with Gasteiger partial charge in [0.05, 0.1) is 19.1 Å². The highest BCUT2D eigenvalue weighted by Gasteiger charge is 2.12. The van der Waals surface area contributed by atoms with Crippen LogP contribution in [0.25, 0.3) is 0 Å². The maximum atomic E-state index is 13.0. The molecule has 0 heterocycles. The molecule has 3 rings (SSSR count). The van der Waals surface area contributed by atoms with Gasteiger partial charge in [-0.1, -0.05) is 17.7 Å². The van der Waals surface area contributed by atoms with Crippen molar-refractivity contribution in [2.24, 2.45) is 5.10 Å². The molecule has 0 aromatic heterocycles. The zero-order valence-electron chi connectivity index (χ0n) is 18.1. The number of nitrogens with zero attached hydrogens (tertiary/aromatic N) is 1. The number of hydrogen-bond donors (Lipinski definition) is 2. The van der Waals surface area contributed by atoms with Crippen LogP contribution in [0.15, 0.2) is 76.7 Å². The van der Waals surface area contributed by atoms with E-state index in [1.807, 2.05) is 12.1 Å². The molecule has 2 N–H and O–H groups in total. The lowest BCUT2D eigenvalue weighted by Gasteiger charge is -2.13. The van der Waals surface area contributed by atoms with Gasteiger partial charge >= 0.3 is 0 Å².